The second-order valence-electron chi connectivity index (χ2n) is 4.55. The summed E-state index contributed by atoms with van der Waals surface area (Å²) < 4.78 is 38.0. The predicted molar refractivity (Wildman–Crippen MR) is 66.0 cm³/mol. The summed E-state index contributed by atoms with van der Waals surface area (Å²) in [5.41, 5.74) is 1.01. The Kier molecular flexibility index (Phi) is 3.04. The van der Waals surface area contributed by atoms with E-state index in [2.05, 4.69) is 15.0 Å². The molecule has 0 saturated carbocycles. The van der Waals surface area contributed by atoms with E-state index in [0.717, 1.165) is 17.3 Å². The van der Waals surface area contributed by atoms with Crippen LogP contribution in [0.4, 0.5) is 19.0 Å². The minimum atomic E-state index is -4.42. The summed E-state index contributed by atoms with van der Waals surface area (Å²) in [6.45, 7) is 1.07. The second kappa shape index (κ2) is 4.73. The summed E-state index contributed by atoms with van der Waals surface area (Å²) in [6.07, 6.45) is -0.568. The Bertz CT molecular complexity index is 627. The average molecular weight is 280 g/mol. The molecule has 0 spiro atoms. The lowest BCUT2D eigenvalue weighted by Crippen LogP contribution is -2.32. The van der Waals surface area contributed by atoms with E-state index in [1.807, 2.05) is 0 Å². The Labute approximate surface area is 113 Å². The van der Waals surface area contributed by atoms with Gasteiger partial charge in [0.25, 0.3) is 0 Å². The van der Waals surface area contributed by atoms with E-state index >= 15 is 0 Å². The quantitative estimate of drug-likeness (QED) is 0.804. The third-order valence-electron chi connectivity index (χ3n) is 3.21. The van der Waals surface area contributed by atoms with Crippen LogP contribution in [-0.2, 0) is 19.1 Å². The van der Waals surface area contributed by atoms with Gasteiger partial charge in [-0.25, -0.2) is 15.0 Å². The van der Waals surface area contributed by atoms with Crippen LogP contribution >= 0.6 is 0 Å². The fourth-order valence-electron chi connectivity index (χ4n) is 2.22. The SMILES string of the molecule is FC(F)(F)c1cccc(N2CCc3ncncc3C2)n1. The molecule has 0 N–H and O–H groups in total. The van der Waals surface area contributed by atoms with Crippen molar-refractivity contribution in [2.24, 2.45) is 0 Å². The minimum absolute atomic E-state index is 0.328. The van der Waals surface area contributed by atoms with Gasteiger partial charge in [-0.15, -0.1) is 0 Å². The summed E-state index contributed by atoms with van der Waals surface area (Å²) >= 11 is 0. The molecule has 104 valence electrons. The zero-order chi connectivity index (χ0) is 14.2. The molecule has 0 atom stereocenters. The Morgan fingerprint density at radius 3 is 2.85 bits per heavy atom. The van der Waals surface area contributed by atoms with E-state index in [4.69, 9.17) is 0 Å². The zero-order valence-corrected chi connectivity index (χ0v) is 10.4. The molecule has 0 aliphatic carbocycles. The van der Waals surface area contributed by atoms with Gasteiger partial charge in [0.1, 0.15) is 17.8 Å². The molecule has 2 aromatic heterocycles. The van der Waals surface area contributed by atoms with Crippen LogP contribution in [0.25, 0.3) is 0 Å². The summed E-state index contributed by atoms with van der Waals surface area (Å²) in [6, 6.07) is 3.94. The van der Waals surface area contributed by atoms with Crippen LogP contribution in [0.3, 0.4) is 0 Å². The maximum Gasteiger partial charge on any atom is 0.433 e. The van der Waals surface area contributed by atoms with Crippen LogP contribution < -0.4 is 4.90 Å². The standard InChI is InChI=1S/C13H11F3N4/c14-13(15,16)11-2-1-3-12(19-11)20-5-4-10-9(7-20)6-17-8-18-10/h1-3,6,8H,4-5,7H2. The van der Waals surface area contributed by atoms with Gasteiger partial charge in [0.05, 0.1) is 5.69 Å². The number of anilines is 1. The van der Waals surface area contributed by atoms with E-state index in [-0.39, 0.29) is 0 Å². The van der Waals surface area contributed by atoms with Gasteiger partial charge >= 0.3 is 6.18 Å². The Morgan fingerprint density at radius 1 is 1.20 bits per heavy atom. The highest BCUT2D eigenvalue weighted by atomic mass is 19.4. The predicted octanol–water partition coefficient (Wildman–Crippen LogP) is 2.45. The fraction of sp³-hybridized carbons (Fsp3) is 0.308. The minimum Gasteiger partial charge on any atom is -0.352 e. The molecule has 1 aliphatic rings. The van der Waals surface area contributed by atoms with Gasteiger partial charge in [-0.3, -0.25) is 0 Å². The normalized spacial score (nSPS) is 15.1. The highest BCUT2D eigenvalue weighted by molar-refractivity contribution is 5.43. The summed E-state index contributed by atoms with van der Waals surface area (Å²) in [4.78, 5) is 13.6. The van der Waals surface area contributed by atoms with Crippen molar-refractivity contribution in [1.82, 2.24) is 15.0 Å². The van der Waals surface area contributed by atoms with Gasteiger partial charge in [-0.1, -0.05) is 6.07 Å². The van der Waals surface area contributed by atoms with Crippen LogP contribution in [0.1, 0.15) is 17.0 Å². The van der Waals surface area contributed by atoms with Crippen LogP contribution in [0, 0.1) is 0 Å². The smallest absolute Gasteiger partial charge is 0.352 e. The maximum atomic E-state index is 12.7. The molecule has 1 aliphatic heterocycles. The van der Waals surface area contributed by atoms with E-state index in [0.29, 0.717) is 25.3 Å². The maximum absolute atomic E-state index is 12.7. The van der Waals surface area contributed by atoms with E-state index in [9.17, 15) is 13.2 Å². The lowest BCUT2D eigenvalue weighted by molar-refractivity contribution is -0.141. The first kappa shape index (κ1) is 12.8. The van der Waals surface area contributed by atoms with Crippen LogP contribution in [0.15, 0.2) is 30.7 Å². The highest BCUT2D eigenvalue weighted by Crippen LogP contribution is 2.29. The Balaban J connectivity index is 1.88. The lowest BCUT2D eigenvalue weighted by Gasteiger charge is -2.29. The third kappa shape index (κ3) is 2.43. The first-order valence-corrected chi connectivity index (χ1v) is 6.11. The summed E-state index contributed by atoms with van der Waals surface area (Å²) in [7, 11) is 0. The molecule has 0 aromatic carbocycles. The molecule has 4 nitrogen and oxygen atoms in total. The van der Waals surface area contributed by atoms with Crippen molar-refractivity contribution >= 4 is 5.82 Å². The number of nitrogens with zero attached hydrogens (tertiary/aromatic N) is 4. The monoisotopic (exact) mass is 280 g/mol. The largest absolute Gasteiger partial charge is 0.433 e. The van der Waals surface area contributed by atoms with Crippen molar-refractivity contribution in [3.8, 4) is 0 Å². The molecule has 0 fully saturated rings. The molecule has 0 radical (unpaired) electrons. The molecule has 0 bridgehead atoms. The molecule has 0 unspecified atom stereocenters. The number of rotatable bonds is 1. The topological polar surface area (TPSA) is 41.9 Å². The molecule has 2 aromatic rings. The van der Waals surface area contributed by atoms with Crippen molar-refractivity contribution in [3.63, 3.8) is 0 Å². The summed E-state index contributed by atoms with van der Waals surface area (Å²) in [5, 5.41) is 0. The highest BCUT2D eigenvalue weighted by Gasteiger charge is 2.33. The number of hydrogen-bond acceptors (Lipinski definition) is 4. The molecule has 3 heterocycles. The fourth-order valence-corrected chi connectivity index (χ4v) is 2.22. The molecule has 7 heteroatoms. The van der Waals surface area contributed by atoms with Crippen LogP contribution in [-0.4, -0.2) is 21.5 Å². The average Bonchev–Trinajstić information content (AvgIpc) is 2.46. The van der Waals surface area contributed by atoms with Crippen molar-refractivity contribution in [2.75, 3.05) is 11.4 Å². The Morgan fingerprint density at radius 2 is 2.05 bits per heavy atom. The molecule has 0 amide bonds. The molecule has 0 saturated heterocycles. The van der Waals surface area contributed by atoms with Gasteiger partial charge in [0, 0.05) is 31.3 Å². The van der Waals surface area contributed by atoms with Gasteiger partial charge < -0.3 is 4.90 Å². The second-order valence-corrected chi connectivity index (χ2v) is 4.55. The number of hydrogen-bond donors (Lipinski definition) is 0. The molecule has 20 heavy (non-hydrogen) atoms. The van der Waals surface area contributed by atoms with Crippen LogP contribution in [0.2, 0.25) is 0 Å². The van der Waals surface area contributed by atoms with E-state index < -0.39 is 11.9 Å². The van der Waals surface area contributed by atoms with Gasteiger partial charge in [0.2, 0.25) is 0 Å². The van der Waals surface area contributed by atoms with Crippen molar-refractivity contribution in [1.29, 1.82) is 0 Å². The van der Waals surface area contributed by atoms with Gasteiger partial charge in [0.15, 0.2) is 0 Å². The van der Waals surface area contributed by atoms with Gasteiger partial charge in [-0.2, -0.15) is 13.2 Å². The molecular formula is C13H11F3N4. The van der Waals surface area contributed by atoms with Crippen molar-refractivity contribution in [2.45, 2.75) is 19.1 Å². The van der Waals surface area contributed by atoms with Crippen LogP contribution in [0.5, 0.6) is 0 Å². The van der Waals surface area contributed by atoms with E-state index in [1.54, 1.807) is 17.2 Å². The van der Waals surface area contributed by atoms with Crippen molar-refractivity contribution < 1.29 is 13.2 Å². The van der Waals surface area contributed by atoms with E-state index in [1.165, 1.54) is 12.4 Å². The number of alkyl halides is 3. The van der Waals surface area contributed by atoms with Gasteiger partial charge in [-0.05, 0) is 12.1 Å². The zero-order valence-electron chi connectivity index (χ0n) is 10.4. The molecular weight excluding hydrogens is 269 g/mol. The first-order chi connectivity index (χ1) is 9.54. The third-order valence-corrected chi connectivity index (χ3v) is 3.21. The lowest BCUT2D eigenvalue weighted by atomic mass is 10.1. The summed E-state index contributed by atoms with van der Waals surface area (Å²) in [5.74, 6) is 0.328. The number of halogens is 3. The first-order valence-electron chi connectivity index (χ1n) is 6.11. The Hall–Kier alpha value is -2.18. The number of pyridine rings is 1. The van der Waals surface area contributed by atoms with Crippen molar-refractivity contribution in [3.05, 3.63) is 47.7 Å². The number of aromatic nitrogens is 3. The number of fused-ring (bicyclic) bond motifs is 1. The molecule has 3 rings (SSSR count).